The number of ether oxygens (including phenoxy) is 1. The molecule has 0 fully saturated rings. The van der Waals surface area contributed by atoms with Crippen molar-refractivity contribution in [1.29, 1.82) is 0 Å². The molecule has 2 rings (SSSR count). The van der Waals surface area contributed by atoms with Gasteiger partial charge in [0.1, 0.15) is 12.4 Å². The van der Waals surface area contributed by atoms with Crippen molar-refractivity contribution in [2.75, 3.05) is 13.7 Å². The van der Waals surface area contributed by atoms with Gasteiger partial charge in [-0.15, -0.1) is 0 Å². The first-order valence-electron chi connectivity index (χ1n) is 4.84. The molecule has 0 radical (unpaired) electrons. The maximum Gasteiger partial charge on any atom is 0.270 e. The Morgan fingerprint density at radius 3 is 2.80 bits per heavy atom. The smallest absolute Gasteiger partial charge is 0.270 e. The van der Waals surface area contributed by atoms with Gasteiger partial charge >= 0.3 is 0 Å². The van der Waals surface area contributed by atoms with Gasteiger partial charge in [-0.05, 0) is 13.1 Å². The van der Waals surface area contributed by atoms with Gasteiger partial charge in [0.05, 0.1) is 6.04 Å². The molecule has 1 aromatic rings. The third-order valence-electron chi connectivity index (χ3n) is 2.65. The SMILES string of the molecule is CN[C@@H]1COc2cc(C(C)(F)F)ccc21. The average molecular weight is 213 g/mol. The molecular formula is C11H13F2NO. The zero-order chi connectivity index (χ0) is 11.1. The molecule has 0 spiro atoms. The molecule has 1 aliphatic heterocycles. The summed E-state index contributed by atoms with van der Waals surface area (Å²) in [4.78, 5) is 0. The summed E-state index contributed by atoms with van der Waals surface area (Å²) < 4.78 is 31.4. The van der Waals surface area contributed by atoms with Crippen molar-refractivity contribution in [3.05, 3.63) is 29.3 Å². The Hall–Kier alpha value is -1.16. The average Bonchev–Trinajstić information content (AvgIpc) is 2.58. The Kier molecular flexibility index (Phi) is 2.38. The molecule has 4 heteroatoms. The van der Waals surface area contributed by atoms with Gasteiger partial charge in [0.15, 0.2) is 0 Å². The lowest BCUT2D eigenvalue weighted by atomic mass is 10.0. The minimum Gasteiger partial charge on any atom is -0.491 e. The standard InChI is InChI=1S/C11H13F2NO/c1-11(12,13)7-3-4-8-9(14-2)6-15-10(8)5-7/h3-5,9,14H,6H2,1-2H3/t9-/m1/s1. The van der Waals surface area contributed by atoms with Gasteiger partial charge in [-0.25, -0.2) is 8.78 Å². The summed E-state index contributed by atoms with van der Waals surface area (Å²) >= 11 is 0. The van der Waals surface area contributed by atoms with Gasteiger partial charge in [0, 0.05) is 18.1 Å². The molecule has 0 amide bonds. The van der Waals surface area contributed by atoms with E-state index in [1.807, 2.05) is 7.05 Å². The zero-order valence-electron chi connectivity index (χ0n) is 8.68. The summed E-state index contributed by atoms with van der Waals surface area (Å²) in [5.74, 6) is -2.25. The Morgan fingerprint density at radius 1 is 1.47 bits per heavy atom. The summed E-state index contributed by atoms with van der Waals surface area (Å²) in [6.07, 6.45) is 0. The topological polar surface area (TPSA) is 21.3 Å². The van der Waals surface area contributed by atoms with Gasteiger partial charge in [-0.2, -0.15) is 0 Å². The van der Waals surface area contributed by atoms with Crippen LogP contribution in [0.3, 0.4) is 0 Å². The van der Waals surface area contributed by atoms with Crippen LogP contribution < -0.4 is 10.1 Å². The van der Waals surface area contributed by atoms with Gasteiger partial charge in [0.25, 0.3) is 5.92 Å². The highest BCUT2D eigenvalue weighted by atomic mass is 19.3. The van der Waals surface area contributed by atoms with Crippen molar-refractivity contribution in [3.63, 3.8) is 0 Å². The number of hydrogen-bond acceptors (Lipinski definition) is 2. The Balaban J connectivity index is 2.37. The number of hydrogen-bond donors (Lipinski definition) is 1. The second-order valence-electron chi connectivity index (χ2n) is 3.79. The van der Waals surface area contributed by atoms with E-state index in [1.54, 1.807) is 6.07 Å². The fraction of sp³-hybridized carbons (Fsp3) is 0.455. The first-order valence-corrected chi connectivity index (χ1v) is 4.84. The minimum absolute atomic E-state index is 0.00185. The maximum absolute atomic E-state index is 13.0. The van der Waals surface area contributed by atoms with E-state index in [2.05, 4.69) is 5.32 Å². The van der Waals surface area contributed by atoms with Gasteiger partial charge in [0.2, 0.25) is 0 Å². The molecule has 0 bridgehead atoms. The van der Waals surface area contributed by atoms with E-state index in [4.69, 9.17) is 4.74 Å². The molecule has 15 heavy (non-hydrogen) atoms. The lowest BCUT2D eigenvalue weighted by Crippen LogP contribution is -2.17. The molecule has 1 aliphatic rings. The predicted molar refractivity (Wildman–Crippen MR) is 53.3 cm³/mol. The van der Waals surface area contributed by atoms with Crippen LogP contribution in [0.4, 0.5) is 8.78 Å². The van der Waals surface area contributed by atoms with Crippen LogP contribution in [0.15, 0.2) is 18.2 Å². The summed E-state index contributed by atoms with van der Waals surface area (Å²) in [6.45, 7) is 1.39. The van der Waals surface area contributed by atoms with Crippen molar-refractivity contribution in [2.24, 2.45) is 0 Å². The number of halogens is 2. The molecule has 0 saturated heterocycles. The number of likely N-dealkylation sites (N-methyl/N-ethyl adjacent to an activating group) is 1. The van der Waals surface area contributed by atoms with Crippen LogP contribution in [-0.2, 0) is 5.92 Å². The van der Waals surface area contributed by atoms with Gasteiger partial charge < -0.3 is 10.1 Å². The van der Waals surface area contributed by atoms with E-state index < -0.39 is 5.92 Å². The summed E-state index contributed by atoms with van der Waals surface area (Å²) in [6, 6.07) is 4.69. The molecule has 0 unspecified atom stereocenters. The van der Waals surface area contributed by atoms with Crippen LogP contribution in [0.25, 0.3) is 0 Å². The summed E-state index contributed by atoms with van der Waals surface area (Å²) in [5, 5.41) is 3.07. The van der Waals surface area contributed by atoms with E-state index in [0.29, 0.717) is 12.4 Å². The lowest BCUT2D eigenvalue weighted by molar-refractivity contribution is 0.0173. The maximum atomic E-state index is 13.0. The van der Waals surface area contributed by atoms with Crippen molar-refractivity contribution >= 4 is 0 Å². The van der Waals surface area contributed by atoms with Crippen molar-refractivity contribution in [1.82, 2.24) is 5.32 Å². The number of alkyl halides is 2. The van der Waals surface area contributed by atoms with Crippen molar-refractivity contribution in [3.8, 4) is 5.75 Å². The van der Waals surface area contributed by atoms with E-state index in [1.165, 1.54) is 12.1 Å². The van der Waals surface area contributed by atoms with E-state index in [-0.39, 0.29) is 11.6 Å². The van der Waals surface area contributed by atoms with Gasteiger partial charge in [-0.1, -0.05) is 12.1 Å². The quantitative estimate of drug-likeness (QED) is 0.814. The fourth-order valence-electron chi connectivity index (χ4n) is 1.72. The van der Waals surface area contributed by atoms with Crippen molar-refractivity contribution < 1.29 is 13.5 Å². The minimum atomic E-state index is -2.81. The third-order valence-corrected chi connectivity index (χ3v) is 2.65. The first-order chi connectivity index (χ1) is 7.02. The van der Waals surface area contributed by atoms with Gasteiger partial charge in [-0.3, -0.25) is 0 Å². The van der Waals surface area contributed by atoms with Crippen molar-refractivity contribution in [2.45, 2.75) is 18.9 Å². The molecule has 0 aromatic heterocycles. The number of benzene rings is 1. The zero-order valence-corrected chi connectivity index (χ0v) is 8.68. The molecule has 1 N–H and O–H groups in total. The van der Waals surface area contributed by atoms with Crippen LogP contribution in [0.5, 0.6) is 5.75 Å². The Bertz CT molecular complexity index is 373. The second-order valence-corrected chi connectivity index (χ2v) is 3.79. The largest absolute Gasteiger partial charge is 0.491 e. The lowest BCUT2D eigenvalue weighted by Gasteiger charge is -2.12. The van der Waals surface area contributed by atoms with Crippen LogP contribution >= 0.6 is 0 Å². The van der Waals surface area contributed by atoms with E-state index >= 15 is 0 Å². The molecule has 82 valence electrons. The molecule has 1 atom stereocenters. The fourth-order valence-corrected chi connectivity index (χ4v) is 1.72. The third kappa shape index (κ3) is 1.81. The van der Waals surface area contributed by atoms with Crippen LogP contribution in [0.1, 0.15) is 24.1 Å². The highest BCUT2D eigenvalue weighted by molar-refractivity contribution is 5.43. The Labute approximate surface area is 87.2 Å². The molecule has 0 aliphatic carbocycles. The second kappa shape index (κ2) is 3.45. The highest BCUT2D eigenvalue weighted by Crippen LogP contribution is 2.37. The summed E-state index contributed by atoms with van der Waals surface area (Å²) in [5.41, 5.74) is 0.948. The molecule has 0 saturated carbocycles. The monoisotopic (exact) mass is 213 g/mol. The number of rotatable bonds is 2. The number of fused-ring (bicyclic) bond motifs is 1. The highest BCUT2D eigenvalue weighted by Gasteiger charge is 2.29. The van der Waals surface area contributed by atoms with Crippen LogP contribution in [-0.4, -0.2) is 13.7 Å². The van der Waals surface area contributed by atoms with E-state index in [9.17, 15) is 8.78 Å². The molecule has 1 heterocycles. The normalized spacial score (nSPS) is 19.9. The summed E-state index contributed by atoms with van der Waals surface area (Å²) in [7, 11) is 1.82. The molecule has 2 nitrogen and oxygen atoms in total. The first kappa shape index (κ1) is 10.4. The Morgan fingerprint density at radius 2 is 2.20 bits per heavy atom. The predicted octanol–water partition coefficient (Wildman–Crippen LogP) is 2.45. The van der Waals surface area contributed by atoms with Crippen LogP contribution in [0.2, 0.25) is 0 Å². The number of nitrogens with one attached hydrogen (secondary N) is 1. The van der Waals surface area contributed by atoms with E-state index in [0.717, 1.165) is 12.5 Å². The molecule has 1 aromatic carbocycles. The van der Waals surface area contributed by atoms with Crippen LogP contribution in [0, 0.1) is 0 Å². The molecular weight excluding hydrogens is 200 g/mol.